The van der Waals surface area contributed by atoms with Gasteiger partial charge in [-0.3, -0.25) is 0 Å². The Hall–Kier alpha value is -1.06. The van der Waals surface area contributed by atoms with Crippen LogP contribution in [0.25, 0.3) is 0 Å². The number of hydrogen-bond donors (Lipinski definition) is 3. The zero-order valence-electron chi connectivity index (χ0n) is 10.5. The van der Waals surface area contributed by atoms with E-state index in [1.807, 2.05) is 25.1 Å². The summed E-state index contributed by atoms with van der Waals surface area (Å²) in [4.78, 5) is 0. The predicted molar refractivity (Wildman–Crippen MR) is 68.3 cm³/mol. The van der Waals surface area contributed by atoms with Gasteiger partial charge in [-0.2, -0.15) is 0 Å². The molecule has 1 rings (SSSR count). The lowest BCUT2D eigenvalue weighted by molar-refractivity contribution is 0.163. The molecule has 1 aromatic carbocycles. The standard InChI is InChI=1S/C13H22N2O/c1-9-7-10(5-6-11(9)14)12(16)8-15-13(2,3)4/h5-7,12,15-16H,8,14H2,1-4H3. The molecule has 0 amide bonds. The maximum atomic E-state index is 10.00. The first-order valence-corrected chi connectivity index (χ1v) is 5.59. The Morgan fingerprint density at radius 1 is 1.38 bits per heavy atom. The van der Waals surface area contributed by atoms with E-state index in [9.17, 15) is 5.11 Å². The fourth-order valence-electron chi connectivity index (χ4n) is 1.43. The number of benzene rings is 1. The van der Waals surface area contributed by atoms with Gasteiger partial charge in [0, 0.05) is 17.8 Å². The van der Waals surface area contributed by atoms with E-state index in [-0.39, 0.29) is 5.54 Å². The van der Waals surface area contributed by atoms with Gasteiger partial charge in [0.2, 0.25) is 0 Å². The number of anilines is 1. The minimum absolute atomic E-state index is 0.0177. The monoisotopic (exact) mass is 222 g/mol. The molecule has 0 saturated heterocycles. The van der Waals surface area contributed by atoms with Crippen molar-refractivity contribution < 1.29 is 5.11 Å². The first-order valence-electron chi connectivity index (χ1n) is 5.59. The molecule has 3 heteroatoms. The average Bonchev–Trinajstić information content (AvgIpc) is 2.17. The minimum atomic E-state index is -0.487. The number of β-amino-alcohol motifs (C(OH)–C–C–N with tert-alkyl or cyclic N) is 1. The van der Waals surface area contributed by atoms with Crippen molar-refractivity contribution in [1.29, 1.82) is 0 Å². The molecule has 0 aliphatic rings. The molecule has 0 aliphatic carbocycles. The lowest BCUT2D eigenvalue weighted by Crippen LogP contribution is -2.38. The van der Waals surface area contributed by atoms with Gasteiger partial charge in [0.1, 0.15) is 0 Å². The van der Waals surface area contributed by atoms with Crippen LogP contribution in [0.1, 0.15) is 38.0 Å². The molecule has 0 aromatic heterocycles. The number of hydrogen-bond acceptors (Lipinski definition) is 3. The fourth-order valence-corrected chi connectivity index (χ4v) is 1.43. The van der Waals surface area contributed by atoms with Gasteiger partial charge in [0.25, 0.3) is 0 Å². The van der Waals surface area contributed by atoms with Crippen LogP contribution in [0.3, 0.4) is 0 Å². The van der Waals surface area contributed by atoms with Crippen LogP contribution in [0, 0.1) is 6.92 Å². The van der Waals surface area contributed by atoms with E-state index in [1.165, 1.54) is 0 Å². The first-order chi connectivity index (χ1) is 7.29. The minimum Gasteiger partial charge on any atom is -0.399 e. The van der Waals surface area contributed by atoms with Crippen molar-refractivity contribution in [2.24, 2.45) is 0 Å². The molecule has 0 radical (unpaired) electrons. The second kappa shape index (κ2) is 4.85. The first kappa shape index (κ1) is 13.0. The molecule has 16 heavy (non-hydrogen) atoms. The molecular weight excluding hydrogens is 200 g/mol. The number of aliphatic hydroxyl groups is 1. The number of aliphatic hydroxyl groups excluding tert-OH is 1. The third-order valence-corrected chi connectivity index (χ3v) is 2.50. The average molecular weight is 222 g/mol. The number of nitrogens with two attached hydrogens (primary N) is 1. The lowest BCUT2D eigenvalue weighted by Gasteiger charge is -2.23. The summed E-state index contributed by atoms with van der Waals surface area (Å²) in [6.07, 6.45) is -0.487. The summed E-state index contributed by atoms with van der Waals surface area (Å²) in [5, 5.41) is 13.3. The van der Waals surface area contributed by atoms with Crippen molar-refractivity contribution >= 4 is 5.69 Å². The van der Waals surface area contributed by atoms with Crippen LogP contribution >= 0.6 is 0 Å². The quantitative estimate of drug-likeness (QED) is 0.686. The largest absolute Gasteiger partial charge is 0.399 e. The normalized spacial score (nSPS) is 13.8. The molecular formula is C13H22N2O. The van der Waals surface area contributed by atoms with E-state index in [0.717, 1.165) is 16.8 Å². The Labute approximate surface area is 97.7 Å². The molecule has 1 unspecified atom stereocenters. The topological polar surface area (TPSA) is 58.3 Å². The molecule has 0 fully saturated rings. The molecule has 0 bridgehead atoms. The van der Waals surface area contributed by atoms with Crippen LogP contribution < -0.4 is 11.1 Å². The molecule has 0 spiro atoms. The van der Waals surface area contributed by atoms with Gasteiger partial charge in [-0.05, 0) is 44.9 Å². The summed E-state index contributed by atoms with van der Waals surface area (Å²) in [5.41, 5.74) is 8.43. The van der Waals surface area contributed by atoms with E-state index in [4.69, 9.17) is 5.73 Å². The zero-order valence-corrected chi connectivity index (χ0v) is 10.5. The smallest absolute Gasteiger partial charge is 0.0914 e. The van der Waals surface area contributed by atoms with Crippen LogP contribution in [-0.4, -0.2) is 17.2 Å². The summed E-state index contributed by atoms with van der Waals surface area (Å²) in [6, 6.07) is 5.65. The van der Waals surface area contributed by atoms with Gasteiger partial charge in [0.05, 0.1) is 6.10 Å². The zero-order chi connectivity index (χ0) is 12.3. The van der Waals surface area contributed by atoms with Crippen molar-refractivity contribution in [3.8, 4) is 0 Å². The van der Waals surface area contributed by atoms with Crippen LogP contribution in [-0.2, 0) is 0 Å². The second-order valence-corrected chi connectivity index (χ2v) is 5.26. The van der Waals surface area contributed by atoms with Crippen LogP contribution in [0.2, 0.25) is 0 Å². The maximum Gasteiger partial charge on any atom is 0.0914 e. The molecule has 1 atom stereocenters. The Kier molecular flexibility index (Phi) is 3.94. The highest BCUT2D eigenvalue weighted by atomic mass is 16.3. The molecule has 90 valence electrons. The van der Waals surface area contributed by atoms with Gasteiger partial charge in [-0.25, -0.2) is 0 Å². The lowest BCUT2D eigenvalue weighted by atomic mass is 10.0. The summed E-state index contributed by atoms with van der Waals surface area (Å²) in [6.45, 7) is 8.73. The Balaban J connectivity index is 2.66. The Bertz CT molecular complexity index is 355. The highest BCUT2D eigenvalue weighted by Gasteiger charge is 2.13. The predicted octanol–water partition coefficient (Wildman–Crippen LogP) is 2.00. The van der Waals surface area contributed by atoms with E-state index < -0.39 is 6.10 Å². The van der Waals surface area contributed by atoms with E-state index in [2.05, 4.69) is 26.1 Å². The number of aryl methyl sites for hydroxylation is 1. The molecule has 0 saturated carbocycles. The molecule has 3 nitrogen and oxygen atoms in total. The summed E-state index contributed by atoms with van der Waals surface area (Å²) < 4.78 is 0. The highest BCUT2D eigenvalue weighted by Crippen LogP contribution is 2.18. The Morgan fingerprint density at radius 2 is 2.00 bits per heavy atom. The molecule has 0 heterocycles. The van der Waals surface area contributed by atoms with E-state index in [0.29, 0.717) is 6.54 Å². The van der Waals surface area contributed by atoms with Gasteiger partial charge in [-0.15, -0.1) is 0 Å². The number of nitrogen functional groups attached to an aromatic ring is 1. The summed E-state index contributed by atoms with van der Waals surface area (Å²) >= 11 is 0. The van der Waals surface area contributed by atoms with Crippen LogP contribution in [0.15, 0.2) is 18.2 Å². The third-order valence-electron chi connectivity index (χ3n) is 2.50. The number of nitrogens with one attached hydrogen (secondary N) is 1. The highest BCUT2D eigenvalue weighted by molar-refractivity contribution is 5.48. The van der Waals surface area contributed by atoms with Crippen molar-refractivity contribution in [2.45, 2.75) is 39.3 Å². The maximum absolute atomic E-state index is 10.00. The van der Waals surface area contributed by atoms with Crippen molar-refractivity contribution in [1.82, 2.24) is 5.32 Å². The van der Waals surface area contributed by atoms with Crippen molar-refractivity contribution in [3.63, 3.8) is 0 Å². The second-order valence-electron chi connectivity index (χ2n) is 5.26. The molecule has 4 N–H and O–H groups in total. The van der Waals surface area contributed by atoms with Crippen LogP contribution in [0.5, 0.6) is 0 Å². The van der Waals surface area contributed by atoms with Gasteiger partial charge < -0.3 is 16.2 Å². The van der Waals surface area contributed by atoms with E-state index >= 15 is 0 Å². The molecule has 1 aromatic rings. The van der Waals surface area contributed by atoms with E-state index in [1.54, 1.807) is 0 Å². The number of rotatable bonds is 3. The summed E-state index contributed by atoms with van der Waals surface area (Å²) in [5.74, 6) is 0. The van der Waals surface area contributed by atoms with Crippen molar-refractivity contribution in [3.05, 3.63) is 29.3 Å². The van der Waals surface area contributed by atoms with Gasteiger partial charge in [-0.1, -0.05) is 12.1 Å². The van der Waals surface area contributed by atoms with Gasteiger partial charge in [0.15, 0.2) is 0 Å². The third kappa shape index (κ3) is 3.83. The SMILES string of the molecule is Cc1cc(C(O)CNC(C)(C)C)ccc1N. The van der Waals surface area contributed by atoms with Gasteiger partial charge >= 0.3 is 0 Å². The van der Waals surface area contributed by atoms with Crippen LogP contribution in [0.4, 0.5) is 5.69 Å². The summed E-state index contributed by atoms with van der Waals surface area (Å²) in [7, 11) is 0. The Morgan fingerprint density at radius 3 is 2.50 bits per heavy atom. The fraction of sp³-hybridized carbons (Fsp3) is 0.538. The molecule has 0 aliphatic heterocycles. The van der Waals surface area contributed by atoms with Crippen molar-refractivity contribution in [2.75, 3.05) is 12.3 Å².